The number of likely N-dealkylation sites (N-methyl/N-ethyl adjacent to an activating group) is 1. The molecule has 3 heterocycles. The summed E-state index contributed by atoms with van der Waals surface area (Å²) in [5, 5.41) is 0. The molecule has 2 amide bonds. The zero-order valence-electron chi connectivity index (χ0n) is 23.0. The summed E-state index contributed by atoms with van der Waals surface area (Å²) >= 11 is 0. The van der Waals surface area contributed by atoms with Crippen molar-refractivity contribution < 1.29 is 19.1 Å². The minimum Gasteiger partial charge on any atom is -0.497 e. The van der Waals surface area contributed by atoms with Crippen LogP contribution in [0.3, 0.4) is 0 Å². The number of hydrogen-bond donors (Lipinski definition) is 0. The monoisotopic (exact) mass is 519 g/mol. The number of hydrogen-bond acceptors (Lipinski definition) is 5. The van der Waals surface area contributed by atoms with Crippen molar-refractivity contribution in [3.63, 3.8) is 0 Å². The highest BCUT2D eigenvalue weighted by atomic mass is 16.5. The van der Waals surface area contributed by atoms with Crippen LogP contribution in [0.1, 0.15) is 65.5 Å². The second-order valence-electron chi connectivity index (χ2n) is 11.0. The van der Waals surface area contributed by atoms with E-state index in [1.807, 2.05) is 60.5 Å². The maximum absolute atomic E-state index is 14.7. The van der Waals surface area contributed by atoms with Crippen molar-refractivity contribution in [2.24, 2.45) is 5.92 Å². The Morgan fingerprint density at radius 1 is 1.00 bits per heavy atom. The lowest BCUT2D eigenvalue weighted by molar-refractivity contribution is -0.136. The first-order valence-corrected chi connectivity index (χ1v) is 14.0. The summed E-state index contributed by atoms with van der Waals surface area (Å²) in [5.74, 6) is 0.729. The predicted octanol–water partition coefficient (Wildman–Crippen LogP) is 4.35. The molecule has 2 aromatic rings. The van der Waals surface area contributed by atoms with Crippen molar-refractivity contribution in [1.29, 1.82) is 0 Å². The van der Waals surface area contributed by atoms with Crippen molar-refractivity contribution >= 4 is 11.8 Å². The molecule has 2 saturated heterocycles. The minimum absolute atomic E-state index is 0.0564. The highest BCUT2D eigenvalue weighted by Gasteiger charge is 2.45. The Morgan fingerprint density at radius 2 is 1.76 bits per heavy atom. The van der Waals surface area contributed by atoms with E-state index in [0.29, 0.717) is 30.7 Å². The van der Waals surface area contributed by atoms with E-state index in [9.17, 15) is 9.59 Å². The minimum atomic E-state index is -0.495. The Balaban J connectivity index is 1.51. The van der Waals surface area contributed by atoms with Crippen molar-refractivity contribution in [1.82, 2.24) is 14.7 Å². The quantitative estimate of drug-likeness (QED) is 0.519. The maximum Gasteiger partial charge on any atom is 0.254 e. The smallest absolute Gasteiger partial charge is 0.254 e. The SMILES string of the molecule is COCCN(C[C@@H]1CCCN2CCCC[C@H]12)C(=O)C1c2ccccc2C(=O)N(C)C1c1ccc(OC)cc1. The van der Waals surface area contributed by atoms with Crippen molar-refractivity contribution in [3.8, 4) is 5.75 Å². The van der Waals surface area contributed by atoms with E-state index in [-0.39, 0.29) is 11.8 Å². The summed E-state index contributed by atoms with van der Waals surface area (Å²) in [4.78, 5) is 34.5. The van der Waals surface area contributed by atoms with Crippen LogP contribution in [-0.4, -0.2) is 86.6 Å². The van der Waals surface area contributed by atoms with E-state index in [2.05, 4.69) is 4.90 Å². The number of benzene rings is 2. The molecule has 0 aromatic heterocycles. The van der Waals surface area contributed by atoms with Crippen molar-refractivity contribution in [3.05, 3.63) is 65.2 Å². The number of piperidine rings is 2. The lowest BCUT2D eigenvalue weighted by Gasteiger charge is -2.47. The van der Waals surface area contributed by atoms with Gasteiger partial charge in [0.25, 0.3) is 5.91 Å². The Hall–Kier alpha value is -2.90. The molecule has 7 nitrogen and oxygen atoms in total. The molecule has 7 heteroatoms. The van der Waals surface area contributed by atoms with Gasteiger partial charge in [-0.05, 0) is 74.0 Å². The molecule has 0 aliphatic carbocycles. The molecule has 38 heavy (non-hydrogen) atoms. The van der Waals surface area contributed by atoms with Gasteiger partial charge in [-0.2, -0.15) is 0 Å². The first kappa shape index (κ1) is 26.7. The number of ether oxygens (including phenoxy) is 2. The third kappa shape index (κ3) is 5.19. The lowest BCUT2D eigenvalue weighted by atomic mass is 9.78. The lowest BCUT2D eigenvalue weighted by Crippen LogP contribution is -2.53. The van der Waals surface area contributed by atoms with Gasteiger partial charge in [-0.3, -0.25) is 9.59 Å². The van der Waals surface area contributed by atoms with Crippen molar-refractivity contribution in [2.45, 2.75) is 50.1 Å². The summed E-state index contributed by atoms with van der Waals surface area (Å²) in [6.45, 7) is 4.12. The van der Waals surface area contributed by atoms with Gasteiger partial charge in [-0.1, -0.05) is 36.8 Å². The van der Waals surface area contributed by atoms with Crippen LogP contribution < -0.4 is 4.74 Å². The van der Waals surface area contributed by atoms with Crippen LogP contribution in [-0.2, 0) is 9.53 Å². The highest BCUT2D eigenvalue weighted by molar-refractivity contribution is 6.01. The Morgan fingerprint density at radius 3 is 2.53 bits per heavy atom. The molecular formula is C31H41N3O4. The number of methoxy groups -OCH3 is 2. The van der Waals surface area contributed by atoms with Gasteiger partial charge in [0.1, 0.15) is 5.75 Å². The molecule has 5 rings (SSSR count). The van der Waals surface area contributed by atoms with E-state index in [0.717, 1.165) is 29.8 Å². The van der Waals surface area contributed by atoms with Crippen molar-refractivity contribution in [2.75, 3.05) is 54.1 Å². The first-order chi connectivity index (χ1) is 18.5. The van der Waals surface area contributed by atoms with Gasteiger partial charge in [0.2, 0.25) is 5.91 Å². The van der Waals surface area contributed by atoms with Crippen LogP contribution in [0, 0.1) is 5.92 Å². The summed E-state index contributed by atoms with van der Waals surface area (Å²) in [5.41, 5.74) is 2.35. The van der Waals surface area contributed by atoms with Gasteiger partial charge < -0.3 is 24.2 Å². The molecule has 2 unspecified atom stereocenters. The van der Waals surface area contributed by atoms with Gasteiger partial charge in [-0.15, -0.1) is 0 Å². The molecule has 0 N–H and O–H groups in total. The number of carbonyl (C=O) groups is 2. The number of nitrogens with zero attached hydrogens (tertiary/aromatic N) is 3. The average Bonchev–Trinajstić information content (AvgIpc) is 2.97. The number of carbonyl (C=O) groups excluding carboxylic acids is 2. The molecule has 3 aliphatic rings. The second-order valence-corrected chi connectivity index (χ2v) is 11.0. The Kier molecular flexibility index (Phi) is 8.34. The largest absolute Gasteiger partial charge is 0.497 e. The summed E-state index contributed by atoms with van der Waals surface area (Å²) < 4.78 is 10.8. The molecule has 0 radical (unpaired) electrons. The molecule has 0 saturated carbocycles. The van der Waals surface area contributed by atoms with Crippen LogP contribution in [0.4, 0.5) is 0 Å². The molecule has 0 spiro atoms. The molecular weight excluding hydrogens is 478 g/mol. The summed E-state index contributed by atoms with van der Waals surface area (Å²) in [6, 6.07) is 15.5. The van der Waals surface area contributed by atoms with Gasteiger partial charge in [0, 0.05) is 38.9 Å². The topological polar surface area (TPSA) is 62.3 Å². The van der Waals surface area contributed by atoms with Gasteiger partial charge in [-0.25, -0.2) is 0 Å². The second kappa shape index (κ2) is 11.9. The van der Waals surface area contributed by atoms with Crippen LogP contribution in [0.25, 0.3) is 0 Å². The van der Waals surface area contributed by atoms with Gasteiger partial charge >= 0.3 is 0 Å². The van der Waals surface area contributed by atoms with Gasteiger partial charge in [0.15, 0.2) is 0 Å². The van der Waals surface area contributed by atoms with Crippen LogP contribution >= 0.6 is 0 Å². The average molecular weight is 520 g/mol. The number of rotatable bonds is 8. The summed E-state index contributed by atoms with van der Waals surface area (Å²) in [7, 11) is 5.14. The predicted molar refractivity (Wildman–Crippen MR) is 147 cm³/mol. The van der Waals surface area contributed by atoms with Crippen LogP contribution in [0.5, 0.6) is 5.75 Å². The molecule has 4 atom stereocenters. The van der Waals surface area contributed by atoms with E-state index >= 15 is 0 Å². The summed E-state index contributed by atoms with van der Waals surface area (Å²) in [6.07, 6.45) is 6.10. The molecule has 204 valence electrons. The van der Waals surface area contributed by atoms with Crippen LogP contribution in [0.15, 0.2) is 48.5 Å². The maximum atomic E-state index is 14.7. The number of fused-ring (bicyclic) bond motifs is 2. The molecule has 0 bridgehead atoms. The Labute approximate surface area is 226 Å². The third-order valence-electron chi connectivity index (χ3n) is 8.86. The van der Waals surface area contributed by atoms with E-state index in [1.54, 1.807) is 19.1 Å². The van der Waals surface area contributed by atoms with Gasteiger partial charge in [0.05, 0.1) is 25.7 Å². The zero-order valence-corrected chi connectivity index (χ0v) is 23.0. The normalized spacial score (nSPS) is 25.4. The first-order valence-electron chi connectivity index (χ1n) is 14.0. The van der Waals surface area contributed by atoms with Crippen LogP contribution in [0.2, 0.25) is 0 Å². The fraction of sp³-hybridized carbons (Fsp3) is 0.548. The Bertz CT molecular complexity index is 1120. The fourth-order valence-corrected chi connectivity index (χ4v) is 6.92. The molecule has 2 aromatic carbocycles. The zero-order chi connectivity index (χ0) is 26.6. The third-order valence-corrected chi connectivity index (χ3v) is 8.86. The van der Waals surface area contributed by atoms with E-state index < -0.39 is 12.0 Å². The molecule has 3 aliphatic heterocycles. The standard InChI is InChI=1S/C31H41N3O4/c1-32-29(22-13-15-24(38-3)16-14-22)28(25-10-4-5-11-26(25)30(32)35)31(36)34(19-20-37-2)21-23-9-8-18-33-17-7-6-12-27(23)33/h4-5,10-11,13-16,23,27-29H,6-9,12,17-21H2,1-3H3/t23-,27+,28?,29?/m0/s1. The highest BCUT2D eigenvalue weighted by Crippen LogP contribution is 2.43. The fourth-order valence-electron chi connectivity index (χ4n) is 6.92. The number of amides is 2. The molecule has 2 fully saturated rings. The van der Waals surface area contributed by atoms with E-state index in [4.69, 9.17) is 9.47 Å². The van der Waals surface area contributed by atoms with E-state index in [1.165, 1.54) is 38.8 Å².